The largest absolute Gasteiger partial charge is 0.477 e. The van der Waals surface area contributed by atoms with Crippen LogP contribution in [0.4, 0.5) is 0 Å². The monoisotopic (exact) mass is 289 g/mol. The van der Waals surface area contributed by atoms with Gasteiger partial charge in [-0.15, -0.1) is 0 Å². The molecule has 2 aromatic rings. The quantitative estimate of drug-likeness (QED) is 0.858. The third-order valence-electron chi connectivity index (χ3n) is 3.05. The van der Waals surface area contributed by atoms with Crippen LogP contribution in [-0.2, 0) is 17.8 Å². The van der Waals surface area contributed by atoms with Gasteiger partial charge >= 0.3 is 5.97 Å². The van der Waals surface area contributed by atoms with Crippen molar-refractivity contribution in [3.63, 3.8) is 0 Å². The second-order valence-corrected chi connectivity index (χ2v) is 4.61. The van der Waals surface area contributed by atoms with Crippen LogP contribution in [0.3, 0.4) is 0 Å². The Morgan fingerprint density at radius 1 is 1.33 bits per heavy atom. The molecule has 7 nitrogen and oxygen atoms in total. The lowest BCUT2D eigenvalue weighted by Crippen LogP contribution is -2.25. The minimum atomic E-state index is -1.08. The topological polar surface area (TPSA) is 105 Å². The Labute approximate surface area is 121 Å². The van der Waals surface area contributed by atoms with Gasteiger partial charge in [0, 0.05) is 18.3 Å². The van der Waals surface area contributed by atoms with E-state index in [2.05, 4.69) is 15.5 Å². The summed E-state index contributed by atoms with van der Waals surface area (Å²) in [6.07, 6.45) is 1.63. The number of carbonyl (C=O) groups excluding carboxylic acids is 1. The summed E-state index contributed by atoms with van der Waals surface area (Å²) >= 11 is 0. The van der Waals surface area contributed by atoms with Crippen LogP contribution in [0, 0.1) is 13.8 Å². The fourth-order valence-corrected chi connectivity index (χ4v) is 1.83. The Bertz CT molecular complexity index is 642. The van der Waals surface area contributed by atoms with Gasteiger partial charge in [0.15, 0.2) is 0 Å². The van der Waals surface area contributed by atoms with Gasteiger partial charge in [0.25, 0.3) is 0 Å². The lowest BCUT2D eigenvalue weighted by atomic mass is 10.1. The molecule has 0 spiro atoms. The third-order valence-corrected chi connectivity index (χ3v) is 3.05. The number of nitrogens with zero attached hydrogens (tertiary/aromatic N) is 2. The van der Waals surface area contributed by atoms with E-state index in [-0.39, 0.29) is 24.6 Å². The Morgan fingerprint density at radius 3 is 2.62 bits per heavy atom. The molecule has 2 aromatic heterocycles. The highest BCUT2D eigenvalue weighted by Gasteiger charge is 2.13. The van der Waals surface area contributed by atoms with E-state index in [1.807, 2.05) is 0 Å². The van der Waals surface area contributed by atoms with Crippen LogP contribution in [0.25, 0.3) is 0 Å². The van der Waals surface area contributed by atoms with Crippen molar-refractivity contribution in [2.45, 2.75) is 26.8 Å². The van der Waals surface area contributed by atoms with E-state index >= 15 is 0 Å². The molecule has 0 aliphatic heterocycles. The number of aromatic carboxylic acids is 1. The van der Waals surface area contributed by atoms with Crippen LogP contribution in [0.1, 0.15) is 33.1 Å². The van der Waals surface area contributed by atoms with Crippen molar-refractivity contribution in [2.24, 2.45) is 0 Å². The van der Waals surface area contributed by atoms with Gasteiger partial charge < -0.3 is 14.9 Å². The predicted octanol–water partition coefficient (Wildman–Crippen LogP) is 1.24. The molecule has 7 heteroatoms. The maximum Gasteiger partial charge on any atom is 0.354 e. The highest BCUT2D eigenvalue weighted by Crippen LogP contribution is 2.12. The zero-order valence-corrected chi connectivity index (χ0v) is 11.7. The van der Waals surface area contributed by atoms with Crippen molar-refractivity contribution in [1.82, 2.24) is 15.5 Å². The number of rotatable bonds is 5. The summed E-state index contributed by atoms with van der Waals surface area (Å²) in [6.45, 7) is 3.83. The fraction of sp³-hybridized carbons (Fsp3) is 0.286. The highest BCUT2D eigenvalue weighted by molar-refractivity contribution is 5.85. The van der Waals surface area contributed by atoms with Crippen LogP contribution in [-0.4, -0.2) is 27.1 Å². The molecule has 2 N–H and O–H groups in total. The van der Waals surface area contributed by atoms with Crippen molar-refractivity contribution in [2.75, 3.05) is 0 Å². The number of carbonyl (C=O) groups is 2. The summed E-state index contributed by atoms with van der Waals surface area (Å²) in [5.74, 6) is -0.606. The number of aryl methyl sites for hydroxylation is 2. The van der Waals surface area contributed by atoms with Gasteiger partial charge in [-0.2, -0.15) is 0 Å². The van der Waals surface area contributed by atoms with Gasteiger partial charge in [-0.25, -0.2) is 9.78 Å². The van der Waals surface area contributed by atoms with Crippen molar-refractivity contribution in [3.05, 3.63) is 46.6 Å². The maximum atomic E-state index is 11.9. The molecule has 110 valence electrons. The first kappa shape index (κ1) is 14.7. The number of aromatic nitrogens is 2. The standard InChI is InChI=1S/C14H15N3O4/c1-8-11(9(2)21-17-8)5-13(18)16-7-10-3-4-12(14(19)20)15-6-10/h3-4,6H,5,7H2,1-2H3,(H,16,18)(H,19,20). The molecule has 0 saturated carbocycles. The first-order chi connectivity index (χ1) is 9.97. The molecule has 0 aromatic carbocycles. The average Bonchev–Trinajstić information content (AvgIpc) is 2.77. The first-order valence-corrected chi connectivity index (χ1v) is 6.34. The molecule has 0 fully saturated rings. The average molecular weight is 289 g/mol. The van der Waals surface area contributed by atoms with Gasteiger partial charge in [0.05, 0.1) is 12.1 Å². The smallest absolute Gasteiger partial charge is 0.354 e. The van der Waals surface area contributed by atoms with E-state index in [0.29, 0.717) is 11.5 Å². The van der Waals surface area contributed by atoms with E-state index in [1.54, 1.807) is 19.9 Å². The van der Waals surface area contributed by atoms with Gasteiger partial charge in [-0.05, 0) is 25.5 Å². The number of nitrogens with one attached hydrogen (secondary N) is 1. The summed E-state index contributed by atoms with van der Waals surface area (Å²) in [7, 11) is 0. The molecule has 0 bridgehead atoms. The Balaban J connectivity index is 1.91. The summed E-state index contributed by atoms with van der Waals surface area (Å²) < 4.78 is 5.00. The maximum absolute atomic E-state index is 11.9. The molecule has 0 atom stereocenters. The Morgan fingerprint density at radius 2 is 2.10 bits per heavy atom. The number of pyridine rings is 1. The van der Waals surface area contributed by atoms with Gasteiger partial charge in [-0.3, -0.25) is 4.79 Å². The van der Waals surface area contributed by atoms with Crippen LogP contribution in [0.15, 0.2) is 22.9 Å². The minimum Gasteiger partial charge on any atom is -0.477 e. The molecule has 0 aliphatic carbocycles. The van der Waals surface area contributed by atoms with E-state index in [1.165, 1.54) is 12.3 Å². The van der Waals surface area contributed by atoms with Crippen molar-refractivity contribution < 1.29 is 19.2 Å². The second kappa shape index (κ2) is 6.17. The number of carboxylic acid groups (broad SMARTS) is 1. The van der Waals surface area contributed by atoms with E-state index in [0.717, 1.165) is 11.1 Å². The molecule has 1 amide bonds. The fourth-order valence-electron chi connectivity index (χ4n) is 1.83. The second-order valence-electron chi connectivity index (χ2n) is 4.61. The lowest BCUT2D eigenvalue weighted by molar-refractivity contribution is -0.120. The Kier molecular flexibility index (Phi) is 4.32. The van der Waals surface area contributed by atoms with E-state index in [4.69, 9.17) is 9.63 Å². The van der Waals surface area contributed by atoms with Crippen LogP contribution in [0.2, 0.25) is 0 Å². The number of hydrogen-bond donors (Lipinski definition) is 2. The van der Waals surface area contributed by atoms with Crippen LogP contribution in [0.5, 0.6) is 0 Å². The van der Waals surface area contributed by atoms with Crippen molar-refractivity contribution in [1.29, 1.82) is 0 Å². The molecule has 0 aliphatic rings. The number of carboxylic acids is 1. The zero-order valence-electron chi connectivity index (χ0n) is 11.7. The Hall–Kier alpha value is -2.70. The van der Waals surface area contributed by atoms with Crippen LogP contribution < -0.4 is 5.32 Å². The molecular weight excluding hydrogens is 274 g/mol. The molecular formula is C14H15N3O4. The minimum absolute atomic E-state index is 0.0270. The van der Waals surface area contributed by atoms with Gasteiger partial charge in [-0.1, -0.05) is 11.2 Å². The normalized spacial score (nSPS) is 10.4. The zero-order chi connectivity index (χ0) is 15.4. The molecule has 2 rings (SSSR count). The molecule has 0 unspecified atom stereocenters. The third kappa shape index (κ3) is 3.65. The van der Waals surface area contributed by atoms with E-state index < -0.39 is 5.97 Å². The first-order valence-electron chi connectivity index (χ1n) is 6.34. The van der Waals surface area contributed by atoms with Crippen molar-refractivity contribution in [3.8, 4) is 0 Å². The number of amides is 1. The SMILES string of the molecule is Cc1noc(C)c1CC(=O)NCc1ccc(C(=O)O)nc1. The summed E-state index contributed by atoms with van der Waals surface area (Å²) in [5, 5.41) is 15.3. The summed E-state index contributed by atoms with van der Waals surface area (Å²) in [5.41, 5.74) is 2.19. The molecule has 0 saturated heterocycles. The molecule has 21 heavy (non-hydrogen) atoms. The van der Waals surface area contributed by atoms with Gasteiger partial charge in [0.1, 0.15) is 11.5 Å². The molecule has 0 radical (unpaired) electrons. The van der Waals surface area contributed by atoms with E-state index in [9.17, 15) is 9.59 Å². The predicted molar refractivity (Wildman–Crippen MR) is 72.7 cm³/mol. The van der Waals surface area contributed by atoms with Gasteiger partial charge in [0.2, 0.25) is 5.91 Å². The van der Waals surface area contributed by atoms with Crippen LogP contribution >= 0.6 is 0 Å². The molecule has 2 heterocycles. The lowest BCUT2D eigenvalue weighted by Gasteiger charge is -2.05. The van der Waals surface area contributed by atoms with Crippen molar-refractivity contribution >= 4 is 11.9 Å². The highest BCUT2D eigenvalue weighted by atomic mass is 16.5. The number of hydrogen-bond acceptors (Lipinski definition) is 5. The summed E-state index contributed by atoms with van der Waals surface area (Å²) in [6, 6.07) is 3.02. The summed E-state index contributed by atoms with van der Waals surface area (Å²) in [4.78, 5) is 26.3.